The average Bonchev–Trinajstić information content (AvgIpc) is 2.72. The van der Waals surface area contributed by atoms with E-state index < -0.39 is 28.8 Å². The van der Waals surface area contributed by atoms with Crippen LogP contribution in [0.2, 0.25) is 0 Å². The highest BCUT2D eigenvalue weighted by molar-refractivity contribution is 5.86. The first kappa shape index (κ1) is 20.6. The number of halogens is 4. The third-order valence-electron chi connectivity index (χ3n) is 5.00. The van der Waals surface area contributed by atoms with E-state index >= 15 is 0 Å². The van der Waals surface area contributed by atoms with Crippen LogP contribution in [0, 0.1) is 29.3 Å². The molecule has 0 spiro atoms. The second kappa shape index (κ2) is 7.86. The molecule has 4 aromatic rings. The molecular weight excluding hydrogens is 410 g/mol. The van der Waals surface area contributed by atoms with Crippen molar-refractivity contribution >= 4 is 16.7 Å². The number of nitrogens with zero attached hydrogens (tertiary/aromatic N) is 2. The predicted molar refractivity (Wildman–Crippen MR) is 111 cm³/mol. The minimum Gasteiger partial charge on any atom is -0.373 e. The molecule has 4 nitrogen and oxygen atoms in total. The molecule has 0 saturated carbocycles. The lowest BCUT2D eigenvalue weighted by Gasteiger charge is -2.14. The quantitative estimate of drug-likeness (QED) is 0.459. The van der Waals surface area contributed by atoms with Gasteiger partial charge in [-0.05, 0) is 36.8 Å². The van der Waals surface area contributed by atoms with E-state index in [1.54, 1.807) is 20.0 Å². The van der Waals surface area contributed by atoms with Gasteiger partial charge in [0.2, 0.25) is 0 Å². The Kier molecular flexibility index (Phi) is 5.22. The average molecular weight is 426 g/mol. The Balaban J connectivity index is 2.00. The Labute approximate surface area is 174 Å². The summed E-state index contributed by atoms with van der Waals surface area (Å²) in [5.41, 5.74) is -0.591. The smallest absolute Gasteiger partial charge is 0.259 e. The van der Waals surface area contributed by atoms with Gasteiger partial charge in [0.15, 0.2) is 0 Å². The van der Waals surface area contributed by atoms with Crippen LogP contribution in [0.25, 0.3) is 33.2 Å². The van der Waals surface area contributed by atoms with Gasteiger partial charge in [0.1, 0.15) is 29.1 Å². The maximum atomic E-state index is 14.7. The number of pyridine rings is 2. The molecule has 157 valence electrons. The number of fused-ring (bicyclic) bond motifs is 1. The minimum absolute atomic E-state index is 0.0415. The van der Waals surface area contributed by atoms with E-state index in [-0.39, 0.29) is 22.3 Å². The molecular formula is C23H16F4N3O. The zero-order valence-electron chi connectivity index (χ0n) is 16.6. The summed E-state index contributed by atoms with van der Waals surface area (Å²) in [5.74, 6) is -3.48. The summed E-state index contributed by atoms with van der Waals surface area (Å²) in [4.78, 5) is 17.3. The molecule has 31 heavy (non-hydrogen) atoms. The van der Waals surface area contributed by atoms with Gasteiger partial charge in [-0.15, -0.1) is 0 Å². The minimum atomic E-state index is -1.12. The molecule has 0 aliphatic heterocycles. The lowest BCUT2D eigenvalue weighted by molar-refractivity contribution is 0.579. The van der Waals surface area contributed by atoms with Crippen LogP contribution in [-0.4, -0.2) is 16.6 Å². The highest BCUT2D eigenvalue weighted by atomic mass is 19.1. The van der Waals surface area contributed by atoms with Gasteiger partial charge in [-0.2, -0.15) is 0 Å². The van der Waals surface area contributed by atoms with E-state index in [1.165, 1.54) is 16.8 Å². The van der Waals surface area contributed by atoms with Gasteiger partial charge < -0.3 is 9.88 Å². The number of hydrogen-bond acceptors (Lipinski definition) is 3. The Bertz CT molecular complexity index is 1360. The van der Waals surface area contributed by atoms with E-state index in [4.69, 9.17) is 0 Å². The normalized spacial score (nSPS) is 11.2. The fourth-order valence-corrected chi connectivity index (χ4v) is 3.53. The molecule has 0 saturated heterocycles. The second-order valence-electron chi connectivity index (χ2n) is 6.87. The topological polar surface area (TPSA) is 46.9 Å². The fourth-order valence-electron chi connectivity index (χ4n) is 3.53. The van der Waals surface area contributed by atoms with Gasteiger partial charge in [-0.25, -0.2) is 22.5 Å². The molecule has 0 bridgehead atoms. The number of aryl methyl sites for hydroxylation is 1. The molecule has 1 N–H and O–H groups in total. The Morgan fingerprint density at radius 3 is 2.26 bits per heavy atom. The highest BCUT2D eigenvalue weighted by Gasteiger charge is 2.19. The van der Waals surface area contributed by atoms with Crippen molar-refractivity contribution in [1.29, 1.82) is 0 Å². The Morgan fingerprint density at radius 1 is 0.935 bits per heavy atom. The van der Waals surface area contributed by atoms with Crippen LogP contribution in [0.1, 0.15) is 6.92 Å². The first-order valence-electron chi connectivity index (χ1n) is 9.42. The molecule has 2 aromatic heterocycles. The Morgan fingerprint density at radius 2 is 1.61 bits per heavy atom. The number of aromatic nitrogens is 2. The van der Waals surface area contributed by atoms with Crippen LogP contribution in [0.4, 0.5) is 23.4 Å². The van der Waals surface area contributed by atoms with Gasteiger partial charge in [0.25, 0.3) is 5.56 Å². The molecule has 0 fully saturated rings. The molecule has 0 atom stereocenters. The maximum Gasteiger partial charge on any atom is 0.259 e. The lowest BCUT2D eigenvalue weighted by Crippen LogP contribution is -2.22. The van der Waals surface area contributed by atoms with Gasteiger partial charge in [-0.1, -0.05) is 0 Å². The van der Waals surface area contributed by atoms with Crippen LogP contribution < -0.4 is 10.9 Å². The van der Waals surface area contributed by atoms with Crippen molar-refractivity contribution in [3.8, 4) is 22.3 Å². The van der Waals surface area contributed by atoms with Crippen LogP contribution >= 0.6 is 0 Å². The number of nitrogens with one attached hydrogen (secondary N) is 1. The summed E-state index contributed by atoms with van der Waals surface area (Å²) in [6.07, 6.45) is 1.53. The summed E-state index contributed by atoms with van der Waals surface area (Å²) in [6.45, 7) is 2.06. The van der Waals surface area contributed by atoms with Crippen LogP contribution in [0.3, 0.4) is 0 Å². The molecule has 0 aliphatic rings. The number of rotatable bonds is 4. The number of anilines is 1. The van der Waals surface area contributed by atoms with E-state index in [1.807, 2.05) is 6.07 Å². The SMILES string of the molecule is CCn1c(=O)c(-c2cc(-c3cc(F)cc(F)c3)c(F)[c]c2F)cc2cnc(NC)cc21. The molecule has 1 radical (unpaired) electrons. The van der Waals surface area contributed by atoms with E-state index in [0.29, 0.717) is 29.3 Å². The van der Waals surface area contributed by atoms with Crippen LogP contribution in [0.5, 0.6) is 0 Å². The van der Waals surface area contributed by atoms with Gasteiger partial charge in [0, 0.05) is 48.4 Å². The van der Waals surface area contributed by atoms with Crippen LogP contribution in [-0.2, 0) is 6.54 Å². The van der Waals surface area contributed by atoms with E-state index in [9.17, 15) is 22.4 Å². The summed E-state index contributed by atoms with van der Waals surface area (Å²) >= 11 is 0. The molecule has 0 aliphatic carbocycles. The van der Waals surface area contributed by atoms with Gasteiger partial charge in [-0.3, -0.25) is 4.79 Å². The van der Waals surface area contributed by atoms with Crippen molar-refractivity contribution in [2.75, 3.05) is 12.4 Å². The zero-order chi connectivity index (χ0) is 22.3. The van der Waals surface area contributed by atoms with Crippen LogP contribution in [0.15, 0.2) is 47.4 Å². The maximum absolute atomic E-state index is 14.7. The Hall–Kier alpha value is -3.68. The molecule has 2 aromatic carbocycles. The largest absolute Gasteiger partial charge is 0.373 e. The summed E-state index contributed by atoms with van der Waals surface area (Å²) in [5, 5.41) is 3.46. The monoisotopic (exact) mass is 426 g/mol. The third kappa shape index (κ3) is 3.65. The first-order chi connectivity index (χ1) is 14.8. The lowest BCUT2D eigenvalue weighted by atomic mass is 9.97. The molecule has 0 amide bonds. The molecule has 2 heterocycles. The third-order valence-corrected chi connectivity index (χ3v) is 5.00. The molecule has 8 heteroatoms. The first-order valence-corrected chi connectivity index (χ1v) is 9.42. The predicted octanol–water partition coefficient (Wildman–Crippen LogP) is 5.15. The fraction of sp³-hybridized carbons (Fsp3) is 0.130. The van der Waals surface area contributed by atoms with Crippen molar-refractivity contribution in [2.24, 2.45) is 0 Å². The van der Waals surface area contributed by atoms with Crippen molar-refractivity contribution in [1.82, 2.24) is 9.55 Å². The summed E-state index contributed by atoms with van der Waals surface area (Å²) < 4.78 is 57.9. The molecule has 0 unspecified atom stereocenters. The summed E-state index contributed by atoms with van der Waals surface area (Å²) in [7, 11) is 1.69. The van der Waals surface area contributed by atoms with Crippen molar-refractivity contribution in [3.63, 3.8) is 0 Å². The zero-order valence-corrected chi connectivity index (χ0v) is 16.6. The van der Waals surface area contributed by atoms with E-state index in [0.717, 1.165) is 18.2 Å². The number of hydrogen-bond donors (Lipinski definition) is 1. The standard InChI is InChI=1S/C23H16F4N3O/c1-3-30-21-10-22(28-2)29-11-13(21)6-18(23(30)31)17-8-16(19(26)9-20(17)27)12-4-14(24)7-15(25)5-12/h4-8,10-11H,3H2,1-2H3,(H,28,29). The molecule has 4 rings (SSSR count). The van der Waals surface area contributed by atoms with Gasteiger partial charge in [0.05, 0.1) is 17.1 Å². The highest BCUT2D eigenvalue weighted by Crippen LogP contribution is 2.32. The van der Waals surface area contributed by atoms with Crippen molar-refractivity contribution in [3.05, 3.63) is 82.3 Å². The van der Waals surface area contributed by atoms with Crippen molar-refractivity contribution in [2.45, 2.75) is 13.5 Å². The van der Waals surface area contributed by atoms with Crippen molar-refractivity contribution < 1.29 is 17.6 Å². The van der Waals surface area contributed by atoms with E-state index in [2.05, 4.69) is 10.3 Å². The summed E-state index contributed by atoms with van der Waals surface area (Å²) in [6, 6.07) is 8.62. The number of benzene rings is 2. The van der Waals surface area contributed by atoms with Gasteiger partial charge >= 0.3 is 0 Å². The second-order valence-corrected chi connectivity index (χ2v) is 6.87.